The van der Waals surface area contributed by atoms with Gasteiger partial charge in [-0.05, 0) is 17.7 Å². The van der Waals surface area contributed by atoms with E-state index in [-0.39, 0.29) is 5.82 Å². The fourth-order valence-corrected chi connectivity index (χ4v) is 1.46. The van der Waals surface area contributed by atoms with Crippen LogP contribution in [0.25, 0.3) is 10.9 Å². The zero-order chi connectivity index (χ0) is 9.26. The van der Waals surface area contributed by atoms with Crippen LogP contribution in [0, 0.1) is 18.2 Å². The van der Waals surface area contributed by atoms with Gasteiger partial charge in [-0.25, -0.2) is 4.39 Å². The van der Waals surface area contributed by atoms with Gasteiger partial charge in [-0.3, -0.25) is 0 Å². The van der Waals surface area contributed by atoms with Crippen molar-refractivity contribution in [2.75, 3.05) is 0 Å². The van der Waals surface area contributed by atoms with Crippen molar-refractivity contribution in [3.8, 4) is 12.3 Å². The normalized spacial score (nSPS) is 10.2. The van der Waals surface area contributed by atoms with Crippen molar-refractivity contribution in [3.63, 3.8) is 0 Å². The Bertz CT molecular complexity index is 476. The minimum Gasteiger partial charge on any atom is -0.361 e. The van der Waals surface area contributed by atoms with E-state index < -0.39 is 0 Å². The minimum atomic E-state index is -0.219. The monoisotopic (exact) mass is 173 g/mol. The Kier molecular flexibility index (Phi) is 1.79. The SMILES string of the molecule is C#CCc1c[nH]c2cccc(F)c12. The molecule has 0 fully saturated rings. The number of H-pyrrole nitrogens is 1. The Labute approximate surface area is 75.6 Å². The average molecular weight is 173 g/mol. The molecule has 0 radical (unpaired) electrons. The van der Waals surface area contributed by atoms with E-state index in [1.165, 1.54) is 6.07 Å². The molecule has 0 aliphatic heterocycles. The van der Waals surface area contributed by atoms with Gasteiger partial charge in [0, 0.05) is 23.5 Å². The number of benzene rings is 1. The maximum Gasteiger partial charge on any atom is 0.132 e. The highest BCUT2D eigenvalue weighted by atomic mass is 19.1. The van der Waals surface area contributed by atoms with Crippen LogP contribution in [0.5, 0.6) is 0 Å². The Morgan fingerprint density at radius 1 is 1.46 bits per heavy atom. The number of nitrogens with one attached hydrogen (secondary N) is 1. The van der Waals surface area contributed by atoms with Crippen LogP contribution in [0.15, 0.2) is 24.4 Å². The molecule has 2 aromatic rings. The molecule has 13 heavy (non-hydrogen) atoms. The largest absolute Gasteiger partial charge is 0.361 e. The van der Waals surface area contributed by atoms with E-state index in [1.807, 2.05) is 6.07 Å². The van der Waals surface area contributed by atoms with Gasteiger partial charge in [0.1, 0.15) is 5.82 Å². The lowest BCUT2D eigenvalue weighted by Crippen LogP contribution is -1.81. The molecule has 0 aliphatic carbocycles. The van der Waals surface area contributed by atoms with E-state index in [2.05, 4.69) is 10.9 Å². The molecule has 1 nitrogen and oxygen atoms in total. The summed E-state index contributed by atoms with van der Waals surface area (Å²) in [6.45, 7) is 0. The van der Waals surface area contributed by atoms with Gasteiger partial charge >= 0.3 is 0 Å². The number of halogens is 1. The highest BCUT2D eigenvalue weighted by molar-refractivity contribution is 5.84. The lowest BCUT2D eigenvalue weighted by Gasteiger charge is -1.94. The van der Waals surface area contributed by atoms with Crippen molar-refractivity contribution in [3.05, 3.63) is 35.8 Å². The molecule has 0 saturated heterocycles. The summed E-state index contributed by atoms with van der Waals surface area (Å²) in [4.78, 5) is 2.98. The molecule has 0 aliphatic rings. The quantitative estimate of drug-likeness (QED) is 0.638. The van der Waals surface area contributed by atoms with Crippen LogP contribution in [0.3, 0.4) is 0 Å². The predicted octanol–water partition coefficient (Wildman–Crippen LogP) is 2.48. The van der Waals surface area contributed by atoms with Crippen LogP contribution < -0.4 is 0 Å². The molecule has 0 bridgehead atoms. The van der Waals surface area contributed by atoms with Gasteiger partial charge in [0.25, 0.3) is 0 Å². The molecule has 2 heteroatoms. The van der Waals surface area contributed by atoms with Gasteiger partial charge in [-0.15, -0.1) is 12.3 Å². The van der Waals surface area contributed by atoms with Crippen LogP contribution in [0.4, 0.5) is 4.39 Å². The summed E-state index contributed by atoms with van der Waals surface area (Å²) in [6.07, 6.45) is 7.39. The molecule has 0 amide bonds. The number of aromatic amines is 1. The van der Waals surface area contributed by atoms with E-state index in [0.29, 0.717) is 11.8 Å². The number of rotatable bonds is 1. The van der Waals surface area contributed by atoms with Gasteiger partial charge in [0.05, 0.1) is 0 Å². The summed E-state index contributed by atoms with van der Waals surface area (Å²) >= 11 is 0. The van der Waals surface area contributed by atoms with Crippen LogP contribution >= 0.6 is 0 Å². The number of terminal acetylenes is 1. The third kappa shape index (κ3) is 1.19. The third-order valence-electron chi connectivity index (χ3n) is 2.03. The molecule has 1 aromatic heterocycles. The zero-order valence-corrected chi connectivity index (χ0v) is 6.97. The molecule has 1 heterocycles. The average Bonchev–Trinajstić information content (AvgIpc) is 2.51. The van der Waals surface area contributed by atoms with Crippen molar-refractivity contribution in [2.24, 2.45) is 0 Å². The van der Waals surface area contributed by atoms with Crippen molar-refractivity contribution in [1.82, 2.24) is 4.98 Å². The molecular weight excluding hydrogens is 165 g/mol. The second-order valence-electron chi connectivity index (χ2n) is 2.86. The molecule has 0 saturated carbocycles. The third-order valence-corrected chi connectivity index (χ3v) is 2.03. The Balaban J connectivity index is 2.73. The topological polar surface area (TPSA) is 15.8 Å². The highest BCUT2D eigenvalue weighted by Gasteiger charge is 2.06. The summed E-state index contributed by atoms with van der Waals surface area (Å²) < 4.78 is 13.3. The van der Waals surface area contributed by atoms with Gasteiger partial charge in [-0.2, -0.15) is 0 Å². The first-order valence-corrected chi connectivity index (χ1v) is 4.01. The van der Waals surface area contributed by atoms with E-state index in [1.54, 1.807) is 12.3 Å². The first-order valence-electron chi connectivity index (χ1n) is 4.01. The van der Waals surface area contributed by atoms with Crippen molar-refractivity contribution in [2.45, 2.75) is 6.42 Å². The maximum absolute atomic E-state index is 13.3. The summed E-state index contributed by atoms with van der Waals surface area (Å²) in [5.41, 5.74) is 1.64. The molecule has 0 unspecified atom stereocenters. The van der Waals surface area contributed by atoms with Crippen molar-refractivity contribution in [1.29, 1.82) is 0 Å². The summed E-state index contributed by atoms with van der Waals surface area (Å²) in [5.74, 6) is 2.28. The Hall–Kier alpha value is -1.75. The zero-order valence-electron chi connectivity index (χ0n) is 6.97. The second kappa shape index (κ2) is 2.95. The van der Waals surface area contributed by atoms with Crippen LogP contribution in [-0.4, -0.2) is 4.98 Å². The molecule has 0 atom stereocenters. The van der Waals surface area contributed by atoms with E-state index in [4.69, 9.17) is 6.42 Å². The standard InChI is InChI=1S/C11H8FN/c1-2-4-8-7-13-10-6-3-5-9(12)11(8)10/h1,3,5-7,13H,4H2. The number of hydrogen-bond donors (Lipinski definition) is 1. The van der Waals surface area contributed by atoms with Gasteiger partial charge < -0.3 is 4.98 Å². The summed E-state index contributed by atoms with van der Waals surface area (Å²) in [5, 5.41) is 0.612. The predicted molar refractivity (Wildman–Crippen MR) is 50.8 cm³/mol. The first-order chi connectivity index (χ1) is 6.33. The molecular formula is C11H8FN. The van der Waals surface area contributed by atoms with E-state index >= 15 is 0 Å². The molecule has 2 rings (SSSR count). The van der Waals surface area contributed by atoms with E-state index in [0.717, 1.165) is 11.1 Å². The van der Waals surface area contributed by atoms with Gasteiger partial charge in [0.2, 0.25) is 0 Å². The smallest absolute Gasteiger partial charge is 0.132 e. The number of aromatic nitrogens is 1. The van der Waals surface area contributed by atoms with Crippen LogP contribution in [0.2, 0.25) is 0 Å². The van der Waals surface area contributed by atoms with E-state index in [9.17, 15) is 4.39 Å². The van der Waals surface area contributed by atoms with Crippen molar-refractivity contribution < 1.29 is 4.39 Å². The van der Waals surface area contributed by atoms with Gasteiger partial charge in [-0.1, -0.05) is 6.07 Å². The molecule has 1 N–H and O–H groups in total. The molecule has 0 spiro atoms. The van der Waals surface area contributed by atoms with Crippen molar-refractivity contribution >= 4 is 10.9 Å². The first kappa shape index (κ1) is 7.88. The fourth-order valence-electron chi connectivity index (χ4n) is 1.46. The van der Waals surface area contributed by atoms with Crippen LogP contribution in [0.1, 0.15) is 5.56 Å². The minimum absolute atomic E-state index is 0.219. The fraction of sp³-hybridized carbons (Fsp3) is 0.0909. The molecule has 64 valence electrons. The maximum atomic E-state index is 13.3. The Morgan fingerprint density at radius 3 is 3.08 bits per heavy atom. The lowest BCUT2D eigenvalue weighted by molar-refractivity contribution is 0.639. The summed E-state index contributed by atoms with van der Waals surface area (Å²) in [6, 6.07) is 4.95. The highest BCUT2D eigenvalue weighted by Crippen LogP contribution is 2.21. The number of hydrogen-bond acceptors (Lipinski definition) is 0. The number of fused-ring (bicyclic) bond motifs is 1. The molecule has 1 aromatic carbocycles. The summed E-state index contributed by atoms with van der Waals surface area (Å²) in [7, 11) is 0. The van der Waals surface area contributed by atoms with Crippen LogP contribution in [-0.2, 0) is 6.42 Å². The Morgan fingerprint density at radius 2 is 2.31 bits per heavy atom. The second-order valence-corrected chi connectivity index (χ2v) is 2.86. The lowest BCUT2D eigenvalue weighted by atomic mass is 10.1. The van der Waals surface area contributed by atoms with Gasteiger partial charge in [0.15, 0.2) is 0 Å².